The summed E-state index contributed by atoms with van der Waals surface area (Å²) in [5.74, 6) is 2.36. The van der Waals surface area contributed by atoms with Gasteiger partial charge in [-0.3, -0.25) is 0 Å². The predicted octanol–water partition coefficient (Wildman–Crippen LogP) is 3.56. The fourth-order valence-electron chi connectivity index (χ4n) is 1.90. The van der Waals surface area contributed by atoms with Gasteiger partial charge in [0.05, 0.1) is 0 Å². The molecule has 1 aromatic heterocycles. The molecule has 1 atom stereocenters. The van der Waals surface area contributed by atoms with Gasteiger partial charge in [-0.2, -0.15) is 0 Å². The topological polar surface area (TPSA) is 29.9 Å². The van der Waals surface area contributed by atoms with Gasteiger partial charge in [0.1, 0.15) is 0 Å². The van der Waals surface area contributed by atoms with E-state index in [1.807, 2.05) is 6.20 Å². The molecule has 0 saturated carbocycles. The number of nitrogens with zero attached hydrogens (tertiary/aromatic N) is 2. The van der Waals surface area contributed by atoms with Gasteiger partial charge >= 0.3 is 0 Å². The molecule has 0 saturated heterocycles. The van der Waals surface area contributed by atoms with E-state index in [0.29, 0.717) is 12.0 Å². The van der Waals surface area contributed by atoms with E-state index in [9.17, 15) is 0 Å². The number of imidazole rings is 1. The molecule has 92 valence electrons. The Kier molecular flexibility index (Phi) is 4.84. The van der Waals surface area contributed by atoms with Gasteiger partial charge in [-0.15, -0.1) is 0 Å². The lowest BCUT2D eigenvalue weighted by Crippen LogP contribution is -2.15. The highest BCUT2D eigenvalue weighted by molar-refractivity contribution is 5.26. The lowest BCUT2D eigenvalue weighted by molar-refractivity contribution is 0.430. The summed E-state index contributed by atoms with van der Waals surface area (Å²) in [6, 6.07) is 0.511. The van der Waals surface area contributed by atoms with Crippen molar-refractivity contribution >= 4 is 5.95 Å². The van der Waals surface area contributed by atoms with Crippen LogP contribution >= 0.6 is 0 Å². The molecule has 1 aromatic rings. The number of rotatable bonds is 6. The van der Waals surface area contributed by atoms with Gasteiger partial charge in [0.25, 0.3) is 0 Å². The maximum atomic E-state index is 4.37. The molecular weight excluding hydrogens is 198 g/mol. The molecule has 0 aliphatic carbocycles. The Balaban J connectivity index is 2.62. The van der Waals surface area contributed by atoms with Crippen molar-refractivity contribution in [2.45, 2.75) is 47.1 Å². The van der Waals surface area contributed by atoms with E-state index < -0.39 is 0 Å². The van der Waals surface area contributed by atoms with Crippen LogP contribution in [0.5, 0.6) is 0 Å². The standard InChI is InChI=1S/C13H25N3/c1-10(2)8-12(5)16-7-6-14-13(16)15-9-11(3)4/h6-7,10-12H,8-9H2,1-5H3,(H,14,15). The molecule has 0 spiro atoms. The van der Waals surface area contributed by atoms with Gasteiger partial charge in [-0.05, 0) is 25.2 Å². The summed E-state index contributed by atoms with van der Waals surface area (Å²) in [6.07, 6.45) is 5.13. The van der Waals surface area contributed by atoms with Crippen LogP contribution in [0.3, 0.4) is 0 Å². The van der Waals surface area contributed by atoms with Crippen LogP contribution in [0.2, 0.25) is 0 Å². The van der Waals surface area contributed by atoms with Crippen LogP contribution in [-0.2, 0) is 0 Å². The van der Waals surface area contributed by atoms with Crippen LogP contribution in [0.25, 0.3) is 0 Å². The molecule has 3 heteroatoms. The van der Waals surface area contributed by atoms with Crippen molar-refractivity contribution in [2.24, 2.45) is 11.8 Å². The van der Waals surface area contributed by atoms with Gasteiger partial charge in [0, 0.05) is 25.0 Å². The molecule has 0 fully saturated rings. The average Bonchev–Trinajstić information content (AvgIpc) is 2.61. The highest BCUT2D eigenvalue weighted by atomic mass is 15.2. The summed E-state index contributed by atoms with van der Waals surface area (Å²) in [6.45, 7) is 12.2. The van der Waals surface area contributed by atoms with Crippen molar-refractivity contribution < 1.29 is 0 Å². The number of nitrogens with one attached hydrogen (secondary N) is 1. The fourth-order valence-corrected chi connectivity index (χ4v) is 1.90. The van der Waals surface area contributed by atoms with Crippen LogP contribution in [0.1, 0.15) is 47.1 Å². The van der Waals surface area contributed by atoms with Gasteiger partial charge in [0.2, 0.25) is 5.95 Å². The summed E-state index contributed by atoms with van der Waals surface area (Å²) in [5, 5.41) is 3.40. The third-order valence-electron chi connectivity index (χ3n) is 2.62. The van der Waals surface area contributed by atoms with Gasteiger partial charge in [-0.1, -0.05) is 27.7 Å². The zero-order valence-corrected chi connectivity index (χ0v) is 11.2. The van der Waals surface area contributed by atoms with Crippen LogP contribution in [0.4, 0.5) is 5.95 Å². The van der Waals surface area contributed by atoms with Gasteiger partial charge in [-0.25, -0.2) is 4.98 Å². The first-order valence-corrected chi connectivity index (χ1v) is 6.27. The Morgan fingerprint density at radius 1 is 1.19 bits per heavy atom. The molecule has 0 aromatic carbocycles. The minimum Gasteiger partial charge on any atom is -0.355 e. The third kappa shape index (κ3) is 3.87. The number of anilines is 1. The molecule has 0 radical (unpaired) electrons. The Morgan fingerprint density at radius 3 is 2.44 bits per heavy atom. The third-order valence-corrected chi connectivity index (χ3v) is 2.62. The Labute approximate surface area is 99.3 Å². The normalized spacial score (nSPS) is 13.4. The SMILES string of the molecule is CC(C)CNc1nccn1C(C)CC(C)C. The van der Waals surface area contributed by atoms with Crippen molar-refractivity contribution in [3.05, 3.63) is 12.4 Å². The van der Waals surface area contributed by atoms with Crippen molar-refractivity contribution in [1.82, 2.24) is 9.55 Å². The van der Waals surface area contributed by atoms with E-state index in [1.165, 1.54) is 6.42 Å². The first-order valence-electron chi connectivity index (χ1n) is 6.27. The Morgan fingerprint density at radius 2 is 1.88 bits per heavy atom. The van der Waals surface area contributed by atoms with Crippen molar-refractivity contribution in [2.75, 3.05) is 11.9 Å². The number of aromatic nitrogens is 2. The lowest BCUT2D eigenvalue weighted by Gasteiger charge is -2.19. The first-order chi connectivity index (χ1) is 7.50. The molecule has 0 amide bonds. The fraction of sp³-hybridized carbons (Fsp3) is 0.769. The summed E-state index contributed by atoms with van der Waals surface area (Å²) >= 11 is 0. The van der Waals surface area contributed by atoms with E-state index in [-0.39, 0.29) is 0 Å². The van der Waals surface area contributed by atoms with Gasteiger partial charge in [0.15, 0.2) is 0 Å². The summed E-state index contributed by atoms with van der Waals surface area (Å²) in [4.78, 5) is 4.37. The first kappa shape index (κ1) is 13.1. The Hall–Kier alpha value is -0.990. The maximum Gasteiger partial charge on any atom is 0.203 e. The maximum absolute atomic E-state index is 4.37. The molecule has 1 N–H and O–H groups in total. The van der Waals surface area contributed by atoms with Crippen LogP contribution < -0.4 is 5.32 Å². The second kappa shape index (κ2) is 5.92. The smallest absolute Gasteiger partial charge is 0.203 e. The van der Waals surface area contributed by atoms with Gasteiger partial charge < -0.3 is 9.88 Å². The van der Waals surface area contributed by atoms with Crippen LogP contribution in [-0.4, -0.2) is 16.1 Å². The van der Waals surface area contributed by atoms with E-state index >= 15 is 0 Å². The molecule has 1 heterocycles. The molecule has 1 unspecified atom stereocenters. The second-order valence-electron chi connectivity index (χ2n) is 5.41. The van der Waals surface area contributed by atoms with Crippen LogP contribution in [0.15, 0.2) is 12.4 Å². The minimum absolute atomic E-state index is 0.511. The van der Waals surface area contributed by atoms with E-state index in [4.69, 9.17) is 0 Å². The molecule has 0 bridgehead atoms. The molecule has 0 aliphatic rings. The largest absolute Gasteiger partial charge is 0.355 e. The summed E-state index contributed by atoms with van der Waals surface area (Å²) < 4.78 is 2.24. The zero-order valence-electron chi connectivity index (χ0n) is 11.2. The molecule has 1 rings (SSSR count). The summed E-state index contributed by atoms with van der Waals surface area (Å²) in [5.41, 5.74) is 0. The van der Waals surface area contributed by atoms with Crippen molar-refractivity contribution in [3.8, 4) is 0 Å². The van der Waals surface area contributed by atoms with E-state index in [0.717, 1.165) is 18.4 Å². The highest BCUT2D eigenvalue weighted by Gasteiger charge is 2.11. The second-order valence-corrected chi connectivity index (χ2v) is 5.41. The van der Waals surface area contributed by atoms with Crippen molar-refractivity contribution in [1.29, 1.82) is 0 Å². The zero-order chi connectivity index (χ0) is 12.1. The minimum atomic E-state index is 0.511. The highest BCUT2D eigenvalue weighted by Crippen LogP contribution is 2.20. The number of hydrogen-bond donors (Lipinski definition) is 1. The molecular formula is C13H25N3. The van der Waals surface area contributed by atoms with Crippen molar-refractivity contribution in [3.63, 3.8) is 0 Å². The predicted molar refractivity (Wildman–Crippen MR) is 69.7 cm³/mol. The lowest BCUT2D eigenvalue weighted by atomic mass is 10.1. The average molecular weight is 223 g/mol. The van der Waals surface area contributed by atoms with E-state index in [1.54, 1.807) is 0 Å². The summed E-state index contributed by atoms with van der Waals surface area (Å²) in [7, 11) is 0. The number of hydrogen-bond acceptors (Lipinski definition) is 2. The van der Waals surface area contributed by atoms with E-state index in [2.05, 4.69) is 55.7 Å². The Bertz CT molecular complexity index is 302. The molecule has 0 aliphatic heterocycles. The monoisotopic (exact) mass is 223 g/mol. The molecule has 16 heavy (non-hydrogen) atoms. The van der Waals surface area contributed by atoms with Crippen LogP contribution in [0, 0.1) is 11.8 Å². The molecule has 3 nitrogen and oxygen atoms in total. The quantitative estimate of drug-likeness (QED) is 0.799.